The second-order valence-electron chi connectivity index (χ2n) is 3.84. The number of aromatic hydroxyl groups is 1. The molecule has 5 heteroatoms. The van der Waals surface area contributed by atoms with Gasteiger partial charge in [0.2, 0.25) is 6.54 Å². The lowest BCUT2D eigenvalue weighted by Crippen LogP contribution is -2.21. The molecule has 16 heavy (non-hydrogen) atoms. The molecule has 88 valence electrons. The SMILES string of the molecule is C[C@@H](CO)[C@H](C[N+](=O)[O-])c1ccccc1O. The van der Waals surface area contributed by atoms with Gasteiger partial charge in [-0.1, -0.05) is 25.1 Å². The number of phenolic OH excluding ortho intramolecular Hbond substituents is 1. The van der Waals surface area contributed by atoms with Crippen LogP contribution in [0.25, 0.3) is 0 Å². The fraction of sp³-hybridized carbons (Fsp3) is 0.455. The number of nitro groups is 1. The monoisotopic (exact) mass is 225 g/mol. The minimum absolute atomic E-state index is 0.0367. The van der Waals surface area contributed by atoms with Crippen LogP contribution in [0.4, 0.5) is 0 Å². The molecule has 0 heterocycles. The van der Waals surface area contributed by atoms with Gasteiger partial charge in [-0.2, -0.15) is 0 Å². The third-order valence-electron chi connectivity index (χ3n) is 2.66. The van der Waals surface area contributed by atoms with Crippen LogP contribution in [0, 0.1) is 16.0 Å². The smallest absolute Gasteiger partial charge is 0.211 e. The standard InChI is InChI=1S/C11H15NO4/c1-8(7-13)10(6-12(15)16)9-4-2-3-5-11(9)14/h2-5,8,10,13-14H,6-7H2,1H3/t8-,10-/m0/s1. The molecule has 0 aliphatic heterocycles. The van der Waals surface area contributed by atoms with Gasteiger partial charge in [0, 0.05) is 17.1 Å². The highest BCUT2D eigenvalue weighted by molar-refractivity contribution is 5.35. The average Bonchev–Trinajstić information content (AvgIpc) is 2.26. The molecule has 0 radical (unpaired) electrons. The van der Waals surface area contributed by atoms with E-state index in [-0.39, 0.29) is 24.8 Å². The first kappa shape index (κ1) is 12.4. The van der Waals surface area contributed by atoms with Crippen LogP contribution in [0.2, 0.25) is 0 Å². The molecule has 2 atom stereocenters. The summed E-state index contributed by atoms with van der Waals surface area (Å²) < 4.78 is 0. The zero-order valence-electron chi connectivity index (χ0n) is 9.04. The minimum Gasteiger partial charge on any atom is -0.508 e. The van der Waals surface area contributed by atoms with Gasteiger partial charge in [0.05, 0.1) is 5.92 Å². The summed E-state index contributed by atoms with van der Waals surface area (Å²) in [7, 11) is 0. The quantitative estimate of drug-likeness (QED) is 0.585. The Bertz CT molecular complexity index is 367. The molecular weight excluding hydrogens is 210 g/mol. The van der Waals surface area contributed by atoms with E-state index in [1.165, 1.54) is 6.07 Å². The van der Waals surface area contributed by atoms with E-state index in [1.54, 1.807) is 25.1 Å². The lowest BCUT2D eigenvalue weighted by atomic mass is 9.87. The molecule has 0 unspecified atom stereocenters. The van der Waals surface area contributed by atoms with Gasteiger partial charge >= 0.3 is 0 Å². The van der Waals surface area contributed by atoms with Crippen LogP contribution in [0.3, 0.4) is 0 Å². The number of hydrogen-bond acceptors (Lipinski definition) is 4. The van der Waals surface area contributed by atoms with Gasteiger partial charge in [-0.05, 0) is 12.0 Å². The zero-order valence-corrected chi connectivity index (χ0v) is 9.04. The average molecular weight is 225 g/mol. The van der Waals surface area contributed by atoms with Crippen LogP contribution >= 0.6 is 0 Å². The predicted octanol–water partition coefficient (Wildman–Crippen LogP) is 1.38. The van der Waals surface area contributed by atoms with Gasteiger partial charge in [-0.25, -0.2) is 0 Å². The summed E-state index contributed by atoms with van der Waals surface area (Å²) in [5.41, 5.74) is 0.515. The second-order valence-corrected chi connectivity index (χ2v) is 3.84. The van der Waals surface area contributed by atoms with Crippen molar-refractivity contribution in [3.8, 4) is 5.75 Å². The van der Waals surface area contributed by atoms with E-state index in [9.17, 15) is 15.2 Å². The molecule has 0 aromatic heterocycles. The molecule has 0 spiro atoms. The number of para-hydroxylation sites is 1. The van der Waals surface area contributed by atoms with E-state index < -0.39 is 10.8 Å². The van der Waals surface area contributed by atoms with Crippen molar-refractivity contribution in [2.24, 2.45) is 5.92 Å². The maximum atomic E-state index is 10.6. The Morgan fingerprint density at radius 1 is 1.44 bits per heavy atom. The zero-order chi connectivity index (χ0) is 12.1. The van der Waals surface area contributed by atoms with E-state index >= 15 is 0 Å². The Morgan fingerprint density at radius 3 is 2.56 bits per heavy atom. The highest BCUT2D eigenvalue weighted by atomic mass is 16.6. The normalized spacial score (nSPS) is 14.4. The van der Waals surface area contributed by atoms with Crippen molar-refractivity contribution in [2.45, 2.75) is 12.8 Å². The van der Waals surface area contributed by atoms with Crippen molar-refractivity contribution in [3.63, 3.8) is 0 Å². The number of aliphatic hydroxyl groups is 1. The van der Waals surface area contributed by atoms with Crippen LogP contribution in [0.15, 0.2) is 24.3 Å². The molecule has 5 nitrogen and oxygen atoms in total. The maximum absolute atomic E-state index is 10.6. The summed E-state index contributed by atoms with van der Waals surface area (Å²) in [6.45, 7) is 1.28. The summed E-state index contributed by atoms with van der Waals surface area (Å²) in [6.07, 6.45) is 0. The third kappa shape index (κ3) is 2.93. The van der Waals surface area contributed by atoms with Gasteiger partial charge < -0.3 is 10.2 Å². The lowest BCUT2D eigenvalue weighted by Gasteiger charge is -2.19. The summed E-state index contributed by atoms with van der Waals surface area (Å²) in [5, 5.41) is 29.3. The molecule has 0 amide bonds. The fourth-order valence-electron chi connectivity index (χ4n) is 1.67. The molecule has 0 aliphatic carbocycles. The second kappa shape index (κ2) is 5.46. The highest BCUT2D eigenvalue weighted by Gasteiger charge is 2.26. The number of rotatable bonds is 5. The van der Waals surface area contributed by atoms with Crippen LogP contribution in [0.1, 0.15) is 18.4 Å². The number of nitrogens with zero attached hydrogens (tertiary/aromatic N) is 1. The Hall–Kier alpha value is -1.62. The highest BCUT2D eigenvalue weighted by Crippen LogP contribution is 2.31. The van der Waals surface area contributed by atoms with Crippen molar-refractivity contribution < 1.29 is 15.1 Å². The van der Waals surface area contributed by atoms with Crippen molar-refractivity contribution in [3.05, 3.63) is 39.9 Å². The summed E-state index contributed by atoms with van der Waals surface area (Å²) in [5.74, 6) is -0.699. The van der Waals surface area contributed by atoms with Crippen molar-refractivity contribution in [1.29, 1.82) is 0 Å². The van der Waals surface area contributed by atoms with Crippen molar-refractivity contribution >= 4 is 0 Å². The molecular formula is C11H15NO4. The van der Waals surface area contributed by atoms with Crippen molar-refractivity contribution in [2.75, 3.05) is 13.2 Å². The van der Waals surface area contributed by atoms with Crippen LogP contribution < -0.4 is 0 Å². The first-order valence-electron chi connectivity index (χ1n) is 5.06. The molecule has 0 saturated heterocycles. The van der Waals surface area contributed by atoms with E-state index in [0.717, 1.165) is 0 Å². The number of hydrogen-bond donors (Lipinski definition) is 2. The molecule has 0 bridgehead atoms. The van der Waals surface area contributed by atoms with Crippen LogP contribution in [0.5, 0.6) is 5.75 Å². The van der Waals surface area contributed by atoms with Gasteiger partial charge in [-0.3, -0.25) is 10.1 Å². The first-order chi connectivity index (χ1) is 7.56. The third-order valence-corrected chi connectivity index (χ3v) is 2.66. The van der Waals surface area contributed by atoms with E-state index in [4.69, 9.17) is 5.11 Å². The molecule has 0 aliphatic rings. The summed E-state index contributed by atoms with van der Waals surface area (Å²) >= 11 is 0. The minimum atomic E-state index is -0.471. The van der Waals surface area contributed by atoms with E-state index in [0.29, 0.717) is 5.56 Å². The Labute approximate surface area is 93.5 Å². The van der Waals surface area contributed by atoms with Gasteiger partial charge in [0.25, 0.3) is 0 Å². The van der Waals surface area contributed by atoms with Crippen molar-refractivity contribution in [1.82, 2.24) is 0 Å². The van der Waals surface area contributed by atoms with E-state index in [2.05, 4.69) is 0 Å². The molecule has 1 rings (SSSR count). The molecule has 0 saturated carbocycles. The first-order valence-corrected chi connectivity index (χ1v) is 5.06. The molecule has 2 N–H and O–H groups in total. The number of aliphatic hydroxyl groups excluding tert-OH is 1. The Balaban J connectivity index is 3.01. The van der Waals surface area contributed by atoms with Crippen LogP contribution in [-0.4, -0.2) is 28.3 Å². The Morgan fingerprint density at radius 2 is 2.06 bits per heavy atom. The topological polar surface area (TPSA) is 83.6 Å². The number of benzene rings is 1. The van der Waals surface area contributed by atoms with Gasteiger partial charge in [0.1, 0.15) is 5.75 Å². The van der Waals surface area contributed by atoms with Crippen LogP contribution in [-0.2, 0) is 0 Å². The Kier molecular flexibility index (Phi) is 4.25. The number of phenols is 1. The maximum Gasteiger partial charge on any atom is 0.211 e. The molecule has 1 aromatic rings. The summed E-state index contributed by atoms with van der Waals surface area (Å²) in [6, 6.07) is 6.51. The van der Waals surface area contributed by atoms with Gasteiger partial charge in [-0.15, -0.1) is 0 Å². The largest absolute Gasteiger partial charge is 0.508 e. The molecule has 0 fully saturated rings. The molecule has 1 aromatic carbocycles. The fourth-order valence-corrected chi connectivity index (χ4v) is 1.67. The van der Waals surface area contributed by atoms with E-state index in [1.807, 2.05) is 0 Å². The van der Waals surface area contributed by atoms with Gasteiger partial charge in [0.15, 0.2) is 0 Å². The lowest BCUT2D eigenvalue weighted by molar-refractivity contribution is -0.485. The predicted molar refractivity (Wildman–Crippen MR) is 59.0 cm³/mol. The summed E-state index contributed by atoms with van der Waals surface area (Å²) in [4.78, 5) is 10.1.